The van der Waals surface area contributed by atoms with Gasteiger partial charge in [0, 0.05) is 22.7 Å². The number of fused-ring (bicyclic) bond motifs is 1. The smallest absolute Gasteiger partial charge is 0.406 e. The molecular formula is C17H12F3NO2. The fourth-order valence-electron chi connectivity index (χ4n) is 2.50. The lowest BCUT2D eigenvalue weighted by Crippen LogP contribution is -2.17. The normalized spacial score (nSPS) is 11.7. The molecule has 0 fully saturated rings. The summed E-state index contributed by atoms with van der Waals surface area (Å²) in [7, 11) is 0. The molecule has 6 heteroatoms. The van der Waals surface area contributed by atoms with Gasteiger partial charge in [0.2, 0.25) is 0 Å². The zero-order chi connectivity index (χ0) is 16.6. The standard InChI is InChI=1S/C17H12F3NO2/c1-11-9-13-7-8-14(23-17(18,19)20)10-15(13)21(11)16(22)12-5-3-2-4-6-12/h2-10H,1H3. The Morgan fingerprint density at radius 2 is 1.74 bits per heavy atom. The summed E-state index contributed by atoms with van der Waals surface area (Å²) in [4.78, 5) is 12.6. The lowest BCUT2D eigenvalue weighted by Gasteiger charge is -2.10. The Morgan fingerprint density at radius 3 is 2.39 bits per heavy atom. The maximum Gasteiger partial charge on any atom is 0.573 e. The Balaban J connectivity index is 2.11. The highest BCUT2D eigenvalue weighted by Crippen LogP contribution is 2.29. The lowest BCUT2D eigenvalue weighted by atomic mass is 10.2. The van der Waals surface area contributed by atoms with Crippen LogP contribution in [-0.4, -0.2) is 16.8 Å². The molecule has 0 saturated heterocycles. The number of rotatable bonds is 2. The number of hydrogen-bond acceptors (Lipinski definition) is 2. The van der Waals surface area contributed by atoms with E-state index in [1.807, 2.05) is 0 Å². The van der Waals surface area contributed by atoms with E-state index in [2.05, 4.69) is 4.74 Å². The first-order chi connectivity index (χ1) is 10.8. The van der Waals surface area contributed by atoms with E-state index in [1.54, 1.807) is 43.3 Å². The summed E-state index contributed by atoms with van der Waals surface area (Å²) in [5.74, 6) is -0.660. The van der Waals surface area contributed by atoms with Crippen LogP contribution in [0.1, 0.15) is 16.1 Å². The Morgan fingerprint density at radius 1 is 1.04 bits per heavy atom. The summed E-state index contributed by atoms with van der Waals surface area (Å²) in [6.45, 7) is 1.73. The van der Waals surface area contributed by atoms with Gasteiger partial charge in [-0.05, 0) is 37.3 Å². The second-order valence-electron chi connectivity index (χ2n) is 5.06. The molecular weight excluding hydrogens is 307 g/mol. The molecule has 118 valence electrons. The largest absolute Gasteiger partial charge is 0.573 e. The average Bonchev–Trinajstić information content (AvgIpc) is 2.81. The quantitative estimate of drug-likeness (QED) is 0.694. The summed E-state index contributed by atoms with van der Waals surface area (Å²) < 4.78 is 42.4. The van der Waals surface area contributed by atoms with Crippen molar-refractivity contribution in [3.63, 3.8) is 0 Å². The van der Waals surface area contributed by atoms with Gasteiger partial charge in [0.1, 0.15) is 5.75 Å². The molecule has 2 aromatic carbocycles. The van der Waals surface area contributed by atoms with Crippen molar-refractivity contribution in [3.8, 4) is 5.75 Å². The van der Waals surface area contributed by atoms with Crippen molar-refractivity contribution in [1.29, 1.82) is 0 Å². The predicted octanol–water partition coefficient (Wildman–Crippen LogP) is 4.54. The molecule has 3 nitrogen and oxygen atoms in total. The number of carbonyl (C=O) groups excluding carboxylic acids is 1. The minimum absolute atomic E-state index is 0.303. The highest BCUT2D eigenvalue weighted by molar-refractivity contribution is 6.03. The highest BCUT2D eigenvalue weighted by Gasteiger charge is 2.31. The number of alkyl halides is 3. The molecule has 1 aromatic heterocycles. The number of aromatic nitrogens is 1. The molecule has 3 rings (SSSR count). The third kappa shape index (κ3) is 3.06. The number of halogens is 3. The molecule has 0 radical (unpaired) electrons. The fourth-order valence-corrected chi connectivity index (χ4v) is 2.50. The van der Waals surface area contributed by atoms with Crippen LogP contribution in [0, 0.1) is 6.92 Å². The van der Waals surface area contributed by atoms with Gasteiger partial charge in [-0.15, -0.1) is 13.2 Å². The van der Waals surface area contributed by atoms with Gasteiger partial charge in [-0.25, -0.2) is 0 Å². The van der Waals surface area contributed by atoms with Gasteiger partial charge in [-0.1, -0.05) is 18.2 Å². The van der Waals surface area contributed by atoms with Crippen LogP contribution in [0.15, 0.2) is 54.6 Å². The Kier molecular flexibility index (Phi) is 3.60. The number of nitrogens with zero attached hydrogens (tertiary/aromatic N) is 1. The molecule has 0 bridgehead atoms. The van der Waals surface area contributed by atoms with Crippen LogP contribution in [0.5, 0.6) is 5.75 Å². The molecule has 3 aromatic rings. The van der Waals surface area contributed by atoms with E-state index in [-0.39, 0.29) is 11.7 Å². The molecule has 0 saturated carbocycles. The lowest BCUT2D eigenvalue weighted by molar-refractivity contribution is -0.274. The van der Waals surface area contributed by atoms with Crippen molar-refractivity contribution < 1.29 is 22.7 Å². The number of carbonyl (C=O) groups is 1. The van der Waals surface area contributed by atoms with Gasteiger partial charge < -0.3 is 4.74 Å². The molecule has 0 aliphatic rings. The maximum atomic E-state index is 12.6. The van der Waals surface area contributed by atoms with Gasteiger partial charge in [0.25, 0.3) is 5.91 Å². The molecule has 0 N–H and O–H groups in total. The number of aryl methyl sites for hydroxylation is 1. The minimum Gasteiger partial charge on any atom is -0.406 e. The summed E-state index contributed by atoms with van der Waals surface area (Å²) >= 11 is 0. The summed E-state index contributed by atoms with van der Waals surface area (Å²) in [6.07, 6.45) is -4.77. The molecule has 0 amide bonds. The number of ether oxygens (including phenoxy) is 1. The summed E-state index contributed by atoms with van der Waals surface area (Å²) in [5.41, 5.74) is 1.46. The predicted molar refractivity (Wildman–Crippen MR) is 79.5 cm³/mol. The maximum absolute atomic E-state index is 12.6. The molecule has 0 atom stereocenters. The molecule has 0 aliphatic carbocycles. The van der Waals surface area contributed by atoms with Crippen molar-refractivity contribution in [2.45, 2.75) is 13.3 Å². The van der Waals surface area contributed by atoms with Crippen LogP contribution in [0.4, 0.5) is 13.2 Å². The van der Waals surface area contributed by atoms with E-state index >= 15 is 0 Å². The first-order valence-corrected chi connectivity index (χ1v) is 6.83. The van der Waals surface area contributed by atoms with Crippen molar-refractivity contribution >= 4 is 16.8 Å². The third-order valence-electron chi connectivity index (χ3n) is 3.42. The van der Waals surface area contributed by atoms with Crippen LogP contribution in [-0.2, 0) is 0 Å². The van der Waals surface area contributed by atoms with Crippen LogP contribution in [0.25, 0.3) is 10.9 Å². The number of hydrogen-bond donors (Lipinski definition) is 0. The SMILES string of the molecule is Cc1cc2ccc(OC(F)(F)F)cc2n1C(=O)c1ccccc1. The number of benzene rings is 2. The van der Waals surface area contributed by atoms with Gasteiger partial charge in [0.05, 0.1) is 5.52 Å². The summed E-state index contributed by atoms with van der Waals surface area (Å²) in [6, 6.07) is 14.2. The second-order valence-corrected chi connectivity index (χ2v) is 5.06. The van der Waals surface area contributed by atoms with E-state index < -0.39 is 6.36 Å². The van der Waals surface area contributed by atoms with E-state index in [4.69, 9.17) is 0 Å². The van der Waals surface area contributed by atoms with Gasteiger partial charge in [-0.2, -0.15) is 0 Å². The highest BCUT2D eigenvalue weighted by atomic mass is 19.4. The molecule has 0 unspecified atom stereocenters. The molecule has 0 aliphatic heterocycles. The zero-order valence-corrected chi connectivity index (χ0v) is 12.1. The van der Waals surface area contributed by atoms with E-state index in [1.165, 1.54) is 22.8 Å². The van der Waals surface area contributed by atoms with Crippen LogP contribution in [0.2, 0.25) is 0 Å². The van der Waals surface area contributed by atoms with Crippen molar-refractivity contribution in [1.82, 2.24) is 4.57 Å². The second kappa shape index (κ2) is 5.46. The van der Waals surface area contributed by atoms with Gasteiger partial charge in [0.15, 0.2) is 0 Å². The summed E-state index contributed by atoms with van der Waals surface area (Å²) in [5, 5.41) is 0.668. The van der Waals surface area contributed by atoms with Crippen molar-refractivity contribution in [2.75, 3.05) is 0 Å². The molecule has 0 spiro atoms. The minimum atomic E-state index is -4.77. The molecule has 23 heavy (non-hydrogen) atoms. The van der Waals surface area contributed by atoms with E-state index in [0.29, 0.717) is 22.2 Å². The third-order valence-corrected chi connectivity index (χ3v) is 3.42. The van der Waals surface area contributed by atoms with Crippen LogP contribution in [0.3, 0.4) is 0 Å². The Hall–Kier alpha value is -2.76. The van der Waals surface area contributed by atoms with Crippen LogP contribution >= 0.6 is 0 Å². The van der Waals surface area contributed by atoms with Crippen LogP contribution < -0.4 is 4.74 Å². The fraction of sp³-hybridized carbons (Fsp3) is 0.118. The van der Waals surface area contributed by atoms with E-state index in [9.17, 15) is 18.0 Å². The Bertz CT molecular complexity index is 867. The van der Waals surface area contributed by atoms with Crippen molar-refractivity contribution in [3.05, 3.63) is 65.9 Å². The molecule has 1 heterocycles. The topological polar surface area (TPSA) is 31.2 Å². The first kappa shape index (κ1) is 15.1. The van der Waals surface area contributed by atoms with E-state index in [0.717, 1.165) is 0 Å². The average molecular weight is 319 g/mol. The van der Waals surface area contributed by atoms with Gasteiger partial charge >= 0.3 is 6.36 Å². The van der Waals surface area contributed by atoms with Gasteiger partial charge in [-0.3, -0.25) is 9.36 Å². The zero-order valence-electron chi connectivity index (χ0n) is 12.1. The first-order valence-electron chi connectivity index (χ1n) is 6.83. The van der Waals surface area contributed by atoms with Crippen molar-refractivity contribution in [2.24, 2.45) is 0 Å². The Labute approximate surface area is 129 Å². The monoisotopic (exact) mass is 319 g/mol.